The molecule has 0 fully saturated rings. The third-order valence-electron chi connectivity index (χ3n) is 1.67. The molecule has 0 bridgehead atoms. The van der Waals surface area contributed by atoms with E-state index in [-0.39, 0.29) is 0 Å². The molecule has 1 rings (SSSR count). The molecule has 0 aliphatic heterocycles. The Kier molecular flexibility index (Phi) is 5.07. The van der Waals surface area contributed by atoms with Crippen molar-refractivity contribution in [1.82, 2.24) is 0 Å². The minimum Gasteiger partial charge on any atom is -0.179 e. The second-order valence-corrected chi connectivity index (χ2v) is 4.86. The van der Waals surface area contributed by atoms with E-state index in [9.17, 15) is 0 Å². The van der Waals surface area contributed by atoms with E-state index in [1.165, 1.54) is 0 Å². The van der Waals surface area contributed by atoms with Crippen molar-refractivity contribution in [2.45, 2.75) is 11.8 Å². The van der Waals surface area contributed by atoms with E-state index in [1.54, 1.807) is 11.8 Å². The van der Waals surface area contributed by atoms with E-state index in [1.807, 2.05) is 18.2 Å². The Morgan fingerprint density at radius 3 is 2.77 bits per heavy atom. The highest BCUT2D eigenvalue weighted by molar-refractivity contribution is 7.99. The lowest BCUT2D eigenvalue weighted by Crippen LogP contribution is -1.98. The lowest BCUT2D eigenvalue weighted by molar-refractivity contribution is 0.767. The van der Waals surface area contributed by atoms with E-state index in [0.29, 0.717) is 5.92 Å². The van der Waals surface area contributed by atoms with Crippen molar-refractivity contribution in [2.75, 3.05) is 11.5 Å². The molecule has 3 heteroatoms. The molecule has 1 unspecified atom stereocenters. The molecule has 13 heavy (non-hydrogen) atoms. The van der Waals surface area contributed by atoms with Gasteiger partial charge in [0.25, 0.3) is 0 Å². The summed E-state index contributed by atoms with van der Waals surface area (Å²) in [6, 6.07) is 7.95. The van der Waals surface area contributed by atoms with Gasteiger partial charge in [-0.05, 0) is 23.8 Å². The monoisotopic (exact) mass is 232 g/mol. The van der Waals surface area contributed by atoms with Gasteiger partial charge in [0.15, 0.2) is 0 Å². The number of benzene rings is 1. The number of hydrogen-bond acceptors (Lipinski definition) is 2. The maximum atomic E-state index is 6.01. The molecule has 0 N–H and O–H groups in total. The molecule has 0 aliphatic rings. The van der Waals surface area contributed by atoms with Crippen molar-refractivity contribution in [1.29, 1.82) is 0 Å². The zero-order valence-electron chi connectivity index (χ0n) is 7.53. The number of hydrogen-bond donors (Lipinski definition) is 1. The number of thiol groups is 1. The highest BCUT2D eigenvalue weighted by atomic mass is 35.5. The molecule has 0 saturated heterocycles. The van der Waals surface area contributed by atoms with Crippen LogP contribution in [0.1, 0.15) is 6.92 Å². The van der Waals surface area contributed by atoms with Crippen LogP contribution < -0.4 is 0 Å². The van der Waals surface area contributed by atoms with Crippen molar-refractivity contribution < 1.29 is 0 Å². The largest absolute Gasteiger partial charge is 0.179 e. The molecule has 0 nitrogen and oxygen atoms in total. The van der Waals surface area contributed by atoms with E-state index in [4.69, 9.17) is 11.6 Å². The van der Waals surface area contributed by atoms with E-state index >= 15 is 0 Å². The summed E-state index contributed by atoms with van der Waals surface area (Å²) in [5.41, 5.74) is 0. The van der Waals surface area contributed by atoms with Crippen molar-refractivity contribution in [3.05, 3.63) is 29.3 Å². The van der Waals surface area contributed by atoms with Crippen LogP contribution in [0.15, 0.2) is 29.2 Å². The predicted molar refractivity (Wildman–Crippen MR) is 65.2 cm³/mol. The Morgan fingerprint density at radius 1 is 1.46 bits per heavy atom. The third-order valence-corrected chi connectivity index (χ3v) is 4.14. The lowest BCUT2D eigenvalue weighted by atomic mass is 10.3. The molecule has 0 aromatic heterocycles. The van der Waals surface area contributed by atoms with Gasteiger partial charge in [0.05, 0.1) is 5.02 Å². The topological polar surface area (TPSA) is 0 Å². The molecule has 1 aromatic rings. The minimum absolute atomic E-state index is 0.629. The fourth-order valence-corrected chi connectivity index (χ4v) is 2.41. The molecular weight excluding hydrogens is 220 g/mol. The first-order chi connectivity index (χ1) is 6.24. The Bertz CT molecular complexity index is 263. The second kappa shape index (κ2) is 5.84. The summed E-state index contributed by atoms with van der Waals surface area (Å²) in [6.45, 7) is 2.19. The molecule has 0 amide bonds. The predicted octanol–water partition coefficient (Wildman–Crippen LogP) is 4.00. The number of halogens is 1. The molecule has 0 aliphatic carbocycles. The molecule has 0 saturated carbocycles. The van der Waals surface area contributed by atoms with Crippen LogP contribution in [-0.4, -0.2) is 11.5 Å². The maximum Gasteiger partial charge on any atom is 0.0541 e. The van der Waals surface area contributed by atoms with Gasteiger partial charge in [0.2, 0.25) is 0 Å². The fourth-order valence-electron chi connectivity index (χ4n) is 0.847. The van der Waals surface area contributed by atoms with Gasteiger partial charge in [-0.3, -0.25) is 0 Å². The van der Waals surface area contributed by atoms with Gasteiger partial charge in [-0.15, -0.1) is 11.8 Å². The Morgan fingerprint density at radius 2 is 2.15 bits per heavy atom. The van der Waals surface area contributed by atoms with E-state index in [0.717, 1.165) is 21.4 Å². The van der Waals surface area contributed by atoms with E-state index in [2.05, 4.69) is 25.6 Å². The third kappa shape index (κ3) is 3.84. The van der Waals surface area contributed by atoms with Crippen molar-refractivity contribution in [3.8, 4) is 0 Å². The van der Waals surface area contributed by atoms with Crippen molar-refractivity contribution in [2.24, 2.45) is 5.92 Å². The normalized spacial score (nSPS) is 12.8. The van der Waals surface area contributed by atoms with Crippen molar-refractivity contribution >= 4 is 36.0 Å². The van der Waals surface area contributed by atoms with Crippen LogP contribution in [-0.2, 0) is 0 Å². The molecule has 0 heterocycles. The van der Waals surface area contributed by atoms with Crippen molar-refractivity contribution in [3.63, 3.8) is 0 Å². The highest BCUT2D eigenvalue weighted by Gasteiger charge is 2.03. The fraction of sp³-hybridized carbons (Fsp3) is 0.400. The quantitative estimate of drug-likeness (QED) is 0.605. The summed E-state index contributed by atoms with van der Waals surface area (Å²) >= 11 is 12.1. The first-order valence-corrected chi connectivity index (χ1v) is 6.22. The van der Waals surface area contributed by atoms with Crippen LogP contribution in [0.2, 0.25) is 5.02 Å². The van der Waals surface area contributed by atoms with E-state index < -0.39 is 0 Å². The second-order valence-electron chi connectivity index (χ2n) is 3.03. The summed E-state index contributed by atoms with van der Waals surface area (Å²) < 4.78 is 0. The molecule has 0 radical (unpaired) electrons. The van der Waals surface area contributed by atoms with Gasteiger partial charge < -0.3 is 0 Å². The summed E-state index contributed by atoms with van der Waals surface area (Å²) in [4.78, 5) is 1.16. The molecule has 72 valence electrons. The summed E-state index contributed by atoms with van der Waals surface area (Å²) in [7, 11) is 0. The van der Waals surface area contributed by atoms with Crippen LogP contribution in [0.3, 0.4) is 0 Å². The smallest absolute Gasteiger partial charge is 0.0541 e. The first-order valence-electron chi connectivity index (χ1n) is 4.22. The maximum absolute atomic E-state index is 6.01. The Labute approximate surface area is 94.5 Å². The van der Waals surface area contributed by atoms with Crippen LogP contribution in [0.4, 0.5) is 0 Å². The van der Waals surface area contributed by atoms with Crippen LogP contribution in [0, 0.1) is 5.92 Å². The number of rotatable bonds is 4. The summed E-state index contributed by atoms with van der Waals surface area (Å²) in [5.74, 6) is 2.63. The molecule has 1 aromatic carbocycles. The Hall–Kier alpha value is 0.210. The zero-order chi connectivity index (χ0) is 9.68. The van der Waals surface area contributed by atoms with Gasteiger partial charge in [-0.25, -0.2) is 0 Å². The van der Waals surface area contributed by atoms with Crippen LogP contribution >= 0.6 is 36.0 Å². The molecule has 0 spiro atoms. The summed E-state index contributed by atoms with van der Waals surface area (Å²) in [6.07, 6.45) is 0. The molecular formula is C10H13ClS2. The van der Waals surface area contributed by atoms with Gasteiger partial charge in [0, 0.05) is 10.6 Å². The minimum atomic E-state index is 0.629. The number of thioether (sulfide) groups is 1. The standard InChI is InChI=1S/C10H13ClS2/c1-8(6-12)7-13-10-5-3-2-4-9(10)11/h2-5,8,12H,6-7H2,1H3. The van der Waals surface area contributed by atoms with Gasteiger partial charge in [-0.2, -0.15) is 12.6 Å². The zero-order valence-corrected chi connectivity index (χ0v) is 10.0. The van der Waals surface area contributed by atoms with Gasteiger partial charge in [-0.1, -0.05) is 30.7 Å². The van der Waals surface area contributed by atoms with Crippen LogP contribution in [0.25, 0.3) is 0 Å². The highest BCUT2D eigenvalue weighted by Crippen LogP contribution is 2.28. The lowest BCUT2D eigenvalue weighted by Gasteiger charge is -2.07. The van der Waals surface area contributed by atoms with Gasteiger partial charge >= 0.3 is 0 Å². The first kappa shape index (κ1) is 11.3. The van der Waals surface area contributed by atoms with Gasteiger partial charge in [0.1, 0.15) is 0 Å². The molecule has 1 atom stereocenters. The average Bonchev–Trinajstić information content (AvgIpc) is 2.16. The SMILES string of the molecule is CC(CS)CSc1ccccc1Cl. The Balaban J connectivity index is 2.50. The average molecular weight is 233 g/mol. The summed E-state index contributed by atoms with van der Waals surface area (Å²) in [5, 5.41) is 0.846. The van der Waals surface area contributed by atoms with Crippen LogP contribution in [0.5, 0.6) is 0 Å².